The third-order valence-corrected chi connectivity index (χ3v) is 5.29. The van der Waals surface area contributed by atoms with E-state index in [1.165, 1.54) is 25.2 Å². The molecule has 0 radical (unpaired) electrons. The smallest absolute Gasteiger partial charge is 0.261 e. The van der Waals surface area contributed by atoms with Gasteiger partial charge in [0.05, 0.1) is 15.6 Å². The molecule has 5 nitrogen and oxygen atoms in total. The molecule has 0 spiro atoms. The Kier molecular flexibility index (Phi) is 6.08. The van der Waals surface area contributed by atoms with Gasteiger partial charge in [0, 0.05) is 12.6 Å². The average molecular weight is 381 g/mol. The lowest BCUT2D eigenvalue weighted by molar-refractivity contribution is 0.0963. The SMILES string of the molecule is CNC(=O)c1ccc(Cl)c(NS(=O)(=O)c2ccc(CC(C)C)cc2)c1. The average Bonchev–Trinajstić information content (AvgIpc) is 2.56. The van der Waals surface area contributed by atoms with Crippen molar-refractivity contribution in [3.05, 3.63) is 58.6 Å². The van der Waals surface area contributed by atoms with Crippen LogP contribution in [0.2, 0.25) is 5.02 Å². The van der Waals surface area contributed by atoms with E-state index in [1.807, 2.05) is 0 Å². The Hall–Kier alpha value is -2.05. The van der Waals surface area contributed by atoms with Crippen LogP contribution in [0.5, 0.6) is 0 Å². The summed E-state index contributed by atoms with van der Waals surface area (Å²) in [7, 11) is -2.30. The molecule has 0 unspecified atom stereocenters. The number of halogens is 1. The van der Waals surface area contributed by atoms with E-state index in [-0.39, 0.29) is 21.5 Å². The summed E-state index contributed by atoms with van der Waals surface area (Å²) in [5.41, 5.74) is 1.56. The van der Waals surface area contributed by atoms with Gasteiger partial charge in [-0.15, -0.1) is 0 Å². The van der Waals surface area contributed by atoms with Gasteiger partial charge in [-0.05, 0) is 48.2 Å². The highest BCUT2D eigenvalue weighted by atomic mass is 35.5. The lowest BCUT2D eigenvalue weighted by atomic mass is 10.0. The standard InChI is InChI=1S/C18H21ClN2O3S/c1-12(2)10-13-4-7-15(8-5-13)25(23,24)21-17-11-14(18(22)20-3)6-9-16(17)19/h4-9,11-12,21H,10H2,1-3H3,(H,20,22). The van der Waals surface area contributed by atoms with E-state index in [1.54, 1.807) is 24.3 Å². The van der Waals surface area contributed by atoms with Crippen LogP contribution in [0, 0.1) is 5.92 Å². The topological polar surface area (TPSA) is 75.3 Å². The van der Waals surface area contributed by atoms with Crippen LogP contribution in [0.4, 0.5) is 5.69 Å². The Morgan fingerprint density at radius 1 is 1.12 bits per heavy atom. The first kappa shape index (κ1) is 19.3. The number of nitrogens with one attached hydrogen (secondary N) is 2. The molecule has 2 N–H and O–H groups in total. The Labute approximate surface area is 153 Å². The molecule has 2 aromatic carbocycles. The Morgan fingerprint density at radius 3 is 2.32 bits per heavy atom. The third kappa shape index (κ3) is 4.96. The summed E-state index contributed by atoms with van der Waals surface area (Å²) < 4.78 is 27.6. The zero-order valence-electron chi connectivity index (χ0n) is 14.3. The minimum absolute atomic E-state index is 0.140. The summed E-state index contributed by atoms with van der Waals surface area (Å²) in [6.07, 6.45) is 0.883. The van der Waals surface area contributed by atoms with Crippen LogP contribution in [0.3, 0.4) is 0 Å². The van der Waals surface area contributed by atoms with Crippen molar-refractivity contribution in [3.8, 4) is 0 Å². The molecule has 0 aliphatic carbocycles. The van der Waals surface area contributed by atoms with Gasteiger partial charge in [0.15, 0.2) is 0 Å². The number of carbonyl (C=O) groups is 1. The van der Waals surface area contributed by atoms with E-state index in [4.69, 9.17) is 11.6 Å². The number of benzene rings is 2. The van der Waals surface area contributed by atoms with Crippen LogP contribution < -0.4 is 10.0 Å². The maximum atomic E-state index is 12.6. The monoisotopic (exact) mass is 380 g/mol. The van der Waals surface area contributed by atoms with Crippen molar-refractivity contribution in [2.75, 3.05) is 11.8 Å². The van der Waals surface area contributed by atoms with Crippen LogP contribution in [0.1, 0.15) is 29.8 Å². The molecule has 2 rings (SSSR count). The van der Waals surface area contributed by atoms with Crippen molar-refractivity contribution in [1.29, 1.82) is 0 Å². The fourth-order valence-corrected chi connectivity index (χ4v) is 3.66. The van der Waals surface area contributed by atoms with Crippen molar-refractivity contribution >= 4 is 33.2 Å². The molecule has 0 atom stereocenters. The molecule has 0 aliphatic heterocycles. The maximum Gasteiger partial charge on any atom is 0.261 e. The fourth-order valence-electron chi connectivity index (χ4n) is 2.37. The van der Waals surface area contributed by atoms with Gasteiger partial charge in [-0.1, -0.05) is 37.6 Å². The molecule has 0 saturated heterocycles. The fraction of sp³-hybridized carbons (Fsp3) is 0.278. The molecule has 0 aliphatic rings. The molecule has 0 fully saturated rings. The number of anilines is 1. The van der Waals surface area contributed by atoms with Crippen molar-refractivity contribution in [2.45, 2.75) is 25.2 Å². The van der Waals surface area contributed by atoms with E-state index in [0.29, 0.717) is 11.5 Å². The Balaban J connectivity index is 2.28. The van der Waals surface area contributed by atoms with E-state index in [0.717, 1.165) is 12.0 Å². The predicted molar refractivity (Wildman–Crippen MR) is 101 cm³/mol. The molecule has 134 valence electrons. The summed E-state index contributed by atoms with van der Waals surface area (Å²) in [5.74, 6) is 0.169. The number of carbonyl (C=O) groups excluding carboxylic acids is 1. The van der Waals surface area contributed by atoms with Crippen LogP contribution in [0.15, 0.2) is 47.4 Å². The van der Waals surface area contributed by atoms with Gasteiger partial charge in [0.1, 0.15) is 0 Å². The molecule has 0 saturated carbocycles. The number of amides is 1. The predicted octanol–water partition coefficient (Wildman–Crippen LogP) is 3.70. The van der Waals surface area contributed by atoms with Crippen molar-refractivity contribution < 1.29 is 13.2 Å². The number of sulfonamides is 1. The van der Waals surface area contributed by atoms with Gasteiger partial charge < -0.3 is 5.32 Å². The summed E-state index contributed by atoms with van der Waals surface area (Å²) in [5, 5.41) is 2.70. The van der Waals surface area contributed by atoms with Crippen LogP contribution in [0.25, 0.3) is 0 Å². The minimum atomic E-state index is -3.80. The maximum absolute atomic E-state index is 12.6. The first-order valence-corrected chi connectivity index (χ1v) is 9.72. The number of hydrogen-bond acceptors (Lipinski definition) is 3. The zero-order valence-corrected chi connectivity index (χ0v) is 15.9. The van der Waals surface area contributed by atoms with Crippen LogP contribution in [-0.4, -0.2) is 21.4 Å². The second kappa shape index (κ2) is 7.89. The normalized spacial score (nSPS) is 11.4. The molecule has 7 heteroatoms. The van der Waals surface area contributed by atoms with E-state index in [9.17, 15) is 13.2 Å². The van der Waals surface area contributed by atoms with Gasteiger partial charge in [-0.2, -0.15) is 0 Å². The van der Waals surface area contributed by atoms with E-state index < -0.39 is 10.0 Å². The quantitative estimate of drug-likeness (QED) is 0.802. The molecule has 0 aromatic heterocycles. The molecule has 2 aromatic rings. The van der Waals surface area contributed by atoms with Crippen molar-refractivity contribution in [3.63, 3.8) is 0 Å². The highest BCUT2D eigenvalue weighted by molar-refractivity contribution is 7.92. The number of hydrogen-bond donors (Lipinski definition) is 2. The highest BCUT2D eigenvalue weighted by Gasteiger charge is 2.17. The van der Waals surface area contributed by atoms with Crippen molar-refractivity contribution in [2.24, 2.45) is 5.92 Å². The molecule has 1 amide bonds. The Bertz CT molecular complexity index is 862. The summed E-state index contributed by atoms with van der Waals surface area (Å²) in [6, 6.07) is 11.2. The molecular formula is C18H21ClN2O3S. The first-order chi connectivity index (χ1) is 11.7. The minimum Gasteiger partial charge on any atom is -0.355 e. The molecule has 0 bridgehead atoms. The molecular weight excluding hydrogens is 360 g/mol. The Morgan fingerprint density at radius 2 is 1.76 bits per heavy atom. The lowest BCUT2D eigenvalue weighted by Crippen LogP contribution is -2.18. The zero-order chi connectivity index (χ0) is 18.6. The lowest BCUT2D eigenvalue weighted by Gasteiger charge is -2.12. The largest absolute Gasteiger partial charge is 0.355 e. The highest BCUT2D eigenvalue weighted by Crippen LogP contribution is 2.26. The molecule has 0 heterocycles. The van der Waals surface area contributed by atoms with Gasteiger partial charge in [-0.25, -0.2) is 8.42 Å². The second-order valence-electron chi connectivity index (χ2n) is 6.12. The van der Waals surface area contributed by atoms with Gasteiger partial charge in [0.25, 0.3) is 15.9 Å². The van der Waals surface area contributed by atoms with Crippen molar-refractivity contribution in [1.82, 2.24) is 5.32 Å². The first-order valence-electron chi connectivity index (χ1n) is 7.86. The third-order valence-electron chi connectivity index (χ3n) is 3.58. The van der Waals surface area contributed by atoms with Crippen LogP contribution in [-0.2, 0) is 16.4 Å². The van der Waals surface area contributed by atoms with Gasteiger partial charge >= 0.3 is 0 Å². The summed E-state index contributed by atoms with van der Waals surface area (Å²) in [6.45, 7) is 4.21. The number of rotatable bonds is 6. The van der Waals surface area contributed by atoms with Crippen LogP contribution >= 0.6 is 11.6 Å². The molecule has 25 heavy (non-hydrogen) atoms. The summed E-state index contributed by atoms with van der Waals surface area (Å²) >= 11 is 6.06. The van der Waals surface area contributed by atoms with Gasteiger partial charge in [0.2, 0.25) is 0 Å². The van der Waals surface area contributed by atoms with Gasteiger partial charge in [-0.3, -0.25) is 9.52 Å². The van der Waals surface area contributed by atoms with E-state index >= 15 is 0 Å². The van der Waals surface area contributed by atoms with E-state index in [2.05, 4.69) is 23.9 Å². The second-order valence-corrected chi connectivity index (χ2v) is 8.21. The summed E-state index contributed by atoms with van der Waals surface area (Å²) in [4.78, 5) is 11.8.